The molecular weight excluding hydrogens is 383 g/mol. The number of methoxy groups -OCH3 is 1. The predicted molar refractivity (Wildman–Crippen MR) is 111 cm³/mol. The van der Waals surface area contributed by atoms with E-state index in [1.165, 1.54) is 0 Å². The Balaban J connectivity index is 1.33. The molecule has 2 N–H and O–H groups in total. The van der Waals surface area contributed by atoms with Gasteiger partial charge in [0.2, 0.25) is 5.91 Å². The Bertz CT molecular complexity index is 811. The molecule has 2 aliphatic heterocycles. The fourth-order valence-electron chi connectivity index (χ4n) is 5.27. The first-order valence-corrected chi connectivity index (χ1v) is 11.0. The minimum Gasteiger partial charge on any atom is -0.383 e. The molecule has 1 aromatic rings. The Kier molecular flexibility index (Phi) is 6.67. The van der Waals surface area contributed by atoms with Gasteiger partial charge in [-0.05, 0) is 61.3 Å². The Morgan fingerprint density at radius 2 is 2.30 bits per heavy atom. The second-order valence-electron chi connectivity index (χ2n) is 8.94. The molecule has 0 spiro atoms. The number of piperidine rings is 1. The Labute approximate surface area is 177 Å². The lowest BCUT2D eigenvalue weighted by atomic mass is 9.95. The van der Waals surface area contributed by atoms with Crippen LogP contribution < -0.4 is 10.6 Å². The number of carbonyl (C=O) groups excluding carboxylic acids is 1. The minimum atomic E-state index is -0.727. The molecule has 5 atom stereocenters. The third kappa shape index (κ3) is 4.66. The van der Waals surface area contributed by atoms with Gasteiger partial charge in [-0.1, -0.05) is 12.1 Å². The van der Waals surface area contributed by atoms with Crippen molar-refractivity contribution in [2.24, 2.45) is 5.92 Å². The molecule has 5 unspecified atom stereocenters. The van der Waals surface area contributed by atoms with E-state index in [9.17, 15) is 14.4 Å². The first-order valence-electron chi connectivity index (χ1n) is 11.0. The fourth-order valence-corrected chi connectivity index (χ4v) is 5.27. The molecule has 162 valence electrons. The zero-order chi connectivity index (χ0) is 21.1. The molecule has 30 heavy (non-hydrogen) atoms. The van der Waals surface area contributed by atoms with Crippen molar-refractivity contribution in [3.8, 4) is 6.07 Å². The Morgan fingerprint density at radius 1 is 1.43 bits per heavy atom. The van der Waals surface area contributed by atoms with Gasteiger partial charge in [0.1, 0.15) is 11.9 Å². The first kappa shape index (κ1) is 21.2. The highest BCUT2D eigenvalue weighted by Crippen LogP contribution is 2.35. The molecule has 1 saturated carbocycles. The normalized spacial score (nSPS) is 29.1. The number of rotatable bonds is 8. The first-order chi connectivity index (χ1) is 14.6. The highest BCUT2D eigenvalue weighted by molar-refractivity contribution is 5.83. The van der Waals surface area contributed by atoms with Crippen molar-refractivity contribution in [1.29, 1.82) is 5.26 Å². The number of ether oxygens (including phenoxy) is 1. The van der Waals surface area contributed by atoms with Crippen molar-refractivity contribution in [3.63, 3.8) is 0 Å². The van der Waals surface area contributed by atoms with Crippen molar-refractivity contribution >= 4 is 5.91 Å². The van der Waals surface area contributed by atoms with Crippen LogP contribution >= 0.6 is 0 Å². The highest BCUT2D eigenvalue weighted by Gasteiger charge is 2.43. The van der Waals surface area contributed by atoms with E-state index in [4.69, 9.17) is 4.74 Å². The summed E-state index contributed by atoms with van der Waals surface area (Å²) in [6.45, 7) is 3.51. The van der Waals surface area contributed by atoms with E-state index in [1.54, 1.807) is 19.2 Å². The van der Waals surface area contributed by atoms with Gasteiger partial charge in [0.25, 0.3) is 0 Å². The summed E-state index contributed by atoms with van der Waals surface area (Å²) < 4.78 is 19.9. The largest absolute Gasteiger partial charge is 0.383 e. The minimum absolute atomic E-state index is 0.132. The van der Waals surface area contributed by atoms with Gasteiger partial charge in [-0.15, -0.1) is 0 Å². The van der Waals surface area contributed by atoms with E-state index in [1.807, 2.05) is 6.07 Å². The van der Waals surface area contributed by atoms with Crippen LogP contribution in [0.5, 0.6) is 0 Å². The summed E-state index contributed by atoms with van der Waals surface area (Å²) in [5.41, 5.74) is 1.47. The van der Waals surface area contributed by atoms with Crippen LogP contribution in [0.1, 0.15) is 42.7 Å². The predicted octanol–water partition coefficient (Wildman–Crippen LogP) is 1.95. The molecule has 0 aromatic heterocycles. The van der Waals surface area contributed by atoms with Crippen LogP contribution in [-0.4, -0.2) is 62.3 Å². The fraction of sp³-hybridized carbons (Fsp3) is 0.652. The maximum absolute atomic E-state index is 14.8. The zero-order valence-corrected chi connectivity index (χ0v) is 17.6. The summed E-state index contributed by atoms with van der Waals surface area (Å²) in [5.74, 6) is 0.254. The van der Waals surface area contributed by atoms with Gasteiger partial charge in [0.05, 0.1) is 18.7 Å². The van der Waals surface area contributed by atoms with Gasteiger partial charge < -0.3 is 20.3 Å². The maximum atomic E-state index is 14.8. The third-order valence-corrected chi connectivity index (χ3v) is 6.97. The molecule has 4 rings (SSSR count). The molecule has 1 aromatic carbocycles. The standard InChI is InChI=1S/C23H31FN4O2/c1-30-9-8-28-7-6-18(14-28)15-2-3-16(21(24)12-15)10-20(13-25)27-23(29)22-17-4-5-19(11-17)26-22/h2-3,12,17-20,22,26H,4-11,14H2,1H3,(H,27,29). The van der Waals surface area contributed by atoms with Crippen LogP contribution in [-0.2, 0) is 16.0 Å². The molecule has 2 bridgehead atoms. The summed E-state index contributed by atoms with van der Waals surface area (Å²) in [4.78, 5) is 14.9. The molecule has 0 radical (unpaired) electrons. The number of benzene rings is 1. The topological polar surface area (TPSA) is 77.4 Å². The lowest BCUT2D eigenvalue weighted by Crippen LogP contribution is -2.50. The van der Waals surface area contributed by atoms with E-state index < -0.39 is 6.04 Å². The quantitative estimate of drug-likeness (QED) is 0.680. The summed E-state index contributed by atoms with van der Waals surface area (Å²) in [7, 11) is 1.70. The summed E-state index contributed by atoms with van der Waals surface area (Å²) in [6, 6.07) is 6.96. The van der Waals surface area contributed by atoms with Crippen molar-refractivity contribution in [2.45, 2.75) is 56.1 Å². The molecule has 3 fully saturated rings. The maximum Gasteiger partial charge on any atom is 0.238 e. The number of amides is 1. The second-order valence-corrected chi connectivity index (χ2v) is 8.94. The molecular formula is C23H31FN4O2. The Hall–Kier alpha value is -2.01. The molecule has 1 amide bonds. The molecule has 2 saturated heterocycles. The molecule has 2 heterocycles. The van der Waals surface area contributed by atoms with Gasteiger partial charge in [-0.25, -0.2) is 4.39 Å². The van der Waals surface area contributed by atoms with Crippen molar-refractivity contribution < 1.29 is 13.9 Å². The lowest BCUT2D eigenvalue weighted by Gasteiger charge is -2.23. The van der Waals surface area contributed by atoms with Crippen LogP contribution in [0, 0.1) is 23.1 Å². The van der Waals surface area contributed by atoms with Gasteiger partial charge in [-0.3, -0.25) is 4.79 Å². The van der Waals surface area contributed by atoms with E-state index in [2.05, 4.69) is 21.6 Å². The van der Waals surface area contributed by atoms with Crippen LogP contribution in [0.3, 0.4) is 0 Å². The number of likely N-dealkylation sites (tertiary alicyclic amines) is 1. The molecule has 7 heteroatoms. The number of nitrogens with zero attached hydrogens (tertiary/aromatic N) is 2. The molecule has 6 nitrogen and oxygen atoms in total. The second kappa shape index (κ2) is 9.42. The van der Waals surface area contributed by atoms with Crippen LogP contribution in [0.25, 0.3) is 0 Å². The number of halogens is 1. The van der Waals surface area contributed by atoms with E-state index in [-0.39, 0.29) is 24.2 Å². The van der Waals surface area contributed by atoms with E-state index in [0.717, 1.165) is 50.9 Å². The number of carbonyl (C=O) groups is 1. The van der Waals surface area contributed by atoms with Crippen LogP contribution in [0.4, 0.5) is 4.39 Å². The van der Waals surface area contributed by atoms with Gasteiger partial charge in [-0.2, -0.15) is 5.26 Å². The number of nitriles is 1. The van der Waals surface area contributed by atoms with Gasteiger partial charge in [0, 0.05) is 32.7 Å². The van der Waals surface area contributed by atoms with Crippen LogP contribution in [0.2, 0.25) is 0 Å². The number of nitrogens with one attached hydrogen (secondary N) is 2. The van der Waals surface area contributed by atoms with Crippen molar-refractivity contribution in [2.75, 3.05) is 33.4 Å². The highest BCUT2D eigenvalue weighted by atomic mass is 19.1. The lowest BCUT2D eigenvalue weighted by molar-refractivity contribution is -0.124. The van der Waals surface area contributed by atoms with Crippen molar-refractivity contribution in [1.82, 2.24) is 15.5 Å². The van der Waals surface area contributed by atoms with Crippen molar-refractivity contribution in [3.05, 3.63) is 35.1 Å². The van der Waals surface area contributed by atoms with Crippen LogP contribution in [0.15, 0.2) is 18.2 Å². The monoisotopic (exact) mass is 414 g/mol. The third-order valence-electron chi connectivity index (χ3n) is 6.97. The smallest absolute Gasteiger partial charge is 0.238 e. The molecule has 3 aliphatic rings. The summed E-state index contributed by atoms with van der Waals surface area (Å²) in [6.07, 6.45) is 4.41. The number of hydrogen-bond donors (Lipinski definition) is 2. The van der Waals surface area contributed by atoms with Gasteiger partial charge >= 0.3 is 0 Å². The van der Waals surface area contributed by atoms with E-state index in [0.29, 0.717) is 30.0 Å². The number of fused-ring (bicyclic) bond motifs is 2. The summed E-state index contributed by atoms with van der Waals surface area (Å²) >= 11 is 0. The zero-order valence-electron chi connectivity index (χ0n) is 17.6. The summed E-state index contributed by atoms with van der Waals surface area (Å²) in [5, 5.41) is 15.7. The average Bonchev–Trinajstić information content (AvgIpc) is 3.50. The average molecular weight is 415 g/mol. The van der Waals surface area contributed by atoms with Gasteiger partial charge in [0.15, 0.2) is 0 Å². The number of hydrogen-bond acceptors (Lipinski definition) is 5. The SMILES string of the molecule is COCCN1CCC(c2ccc(CC(C#N)NC(=O)C3NC4CCC3C4)c(F)c2)C1. The Morgan fingerprint density at radius 3 is 2.97 bits per heavy atom. The molecule has 1 aliphatic carbocycles. The van der Waals surface area contributed by atoms with E-state index >= 15 is 0 Å².